The van der Waals surface area contributed by atoms with E-state index >= 15 is 0 Å². The predicted octanol–water partition coefficient (Wildman–Crippen LogP) is 0.685. The second-order valence-electron chi connectivity index (χ2n) is 3.51. The number of carbonyl (C=O) groups excluding carboxylic acids is 2. The van der Waals surface area contributed by atoms with Crippen LogP contribution in [0.15, 0.2) is 12.1 Å². The molecule has 0 aromatic heterocycles. The molecule has 1 aromatic rings. The van der Waals surface area contributed by atoms with Crippen molar-refractivity contribution in [2.45, 2.75) is 0 Å². The summed E-state index contributed by atoms with van der Waals surface area (Å²) in [6, 6.07) is 3.14. The van der Waals surface area contributed by atoms with E-state index in [2.05, 4.69) is 10.6 Å². The van der Waals surface area contributed by atoms with Gasteiger partial charge in [0.15, 0.2) is 0 Å². The average Bonchev–Trinajstić information content (AvgIpc) is 2.47. The smallest absolute Gasteiger partial charge is 0.288 e. The first-order valence-corrected chi connectivity index (χ1v) is 5.72. The van der Waals surface area contributed by atoms with Gasteiger partial charge in [0.1, 0.15) is 22.9 Å². The molecule has 0 saturated heterocycles. The van der Waals surface area contributed by atoms with Crippen LogP contribution < -0.4 is 24.8 Å². The lowest BCUT2D eigenvalue weighted by Gasteiger charge is -2.14. The maximum absolute atomic E-state index is 11.1. The number of rotatable bonds is 5. The van der Waals surface area contributed by atoms with Gasteiger partial charge in [-0.2, -0.15) is 0 Å². The second kappa shape index (κ2) is 9.62. The third-order valence-corrected chi connectivity index (χ3v) is 2.07. The SMILES string of the molecule is CNC.COc1cc(OC)c(NC(=O)C=O)c(OC)c1. The fourth-order valence-electron chi connectivity index (χ4n) is 1.28. The highest BCUT2D eigenvalue weighted by Gasteiger charge is 2.15. The topological polar surface area (TPSA) is 85.9 Å². The van der Waals surface area contributed by atoms with Gasteiger partial charge in [0.25, 0.3) is 5.91 Å². The quantitative estimate of drug-likeness (QED) is 0.611. The van der Waals surface area contributed by atoms with E-state index in [0.29, 0.717) is 17.2 Å². The first-order chi connectivity index (χ1) is 9.57. The van der Waals surface area contributed by atoms with Gasteiger partial charge in [0, 0.05) is 12.1 Å². The standard InChI is InChI=1S/C11H13NO5.C2H7N/c1-15-7-4-8(16-2)11(9(5-7)17-3)12-10(14)6-13;1-3-2/h4-6H,1-3H3,(H,12,14);3H,1-2H3. The molecule has 0 heterocycles. The maximum Gasteiger partial charge on any atom is 0.288 e. The fraction of sp³-hybridized carbons (Fsp3) is 0.385. The molecule has 7 heteroatoms. The molecule has 0 aliphatic heterocycles. The van der Waals surface area contributed by atoms with Crippen LogP contribution in [0.4, 0.5) is 5.69 Å². The predicted molar refractivity (Wildman–Crippen MR) is 75.8 cm³/mol. The van der Waals surface area contributed by atoms with Crippen LogP contribution in [0.2, 0.25) is 0 Å². The zero-order chi connectivity index (χ0) is 15.5. The lowest BCUT2D eigenvalue weighted by atomic mass is 10.2. The number of methoxy groups -OCH3 is 3. The Kier molecular flexibility index (Phi) is 8.53. The van der Waals surface area contributed by atoms with Crippen LogP contribution in [-0.4, -0.2) is 47.6 Å². The van der Waals surface area contributed by atoms with E-state index in [-0.39, 0.29) is 12.0 Å². The summed E-state index contributed by atoms with van der Waals surface area (Å²) in [6.45, 7) is 0. The van der Waals surface area contributed by atoms with Crippen molar-refractivity contribution < 1.29 is 23.8 Å². The summed E-state index contributed by atoms with van der Waals surface area (Å²) in [7, 11) is 8.12. The third-order valence-electron chi connectivity index (χ3n) is 2.07. The molecule has 7 nitrogen and oxygen atoms in total. The normalized spacial score (nSPS) is 8.85. The molecule has 0 radical (unpaired) electrons. The van der Waals surface area contributed by atoms with E-state index in [4.69, 9.17) is 14.2 Å². The van der Waals surface area contributed by atoms with Gasteiger partial charge >= 0.3 is 0 Å². The molecule has 1 aromatic carbocycles. The molecule has 1 amide bonds. The van der Waals surface area contributed by atoms with Crippen LogP contribution in [0.1, 0.15) is 0 Å². The number of hydrogen-bond acceptors (Lipinski definition) is 6. The Hall–Kier alpha value is -2.28. The van der Waals surface area contributed by atoms with Crippen molar-refractivity contribution >= 4 is 17.9 Å². The Bertz CT molecular complexity index is 423. The van der Waals surface area contributed by atoms with Crippen molar-refractivity contribution in [3.63, 3.8) is 0 Å². The molecular weight excluding hydrogens is 264 g/mol. The van der Waals surface area contributed by atoms with Crippen LogP contribution in [-0.2, 0) is 9.59 Å². The summed E-state index contributed by atoms with van der Waals surface area (Å²) in [6.07, 6.45) is 0.170. The van der Waals surface area contributed by atoms with Gasteiger partial charge in [-0.15, -0.1) is 0 Å². The van der Waals surface area contributed by atoms with Crippen LogP contribution >= 0.6 is 0 Å². The zero-order valence-electron chi connectivity index (χ0n) is 12.3. The van der Waals surface area contributed by atoms with Gasteiger partial charge < -0.3 is 24.8 Å². The monoisotopic (exact) mass is 284 g/mol. The minimum absolute atomic E-state index is 0.170. The van der Waals surface area contributed by atoms with Crippen molar-refractivity contribution in [2.24, 2.45) is 0 Å². The Morgan fingerprint density at radius 2 is 1.50 bits per heavy atom. The van der Waals surface area contributed by atoms with E-state index in [1.54, 1.807) is 12.1 Å². The van der Waals surface area contributed by atoms with Crippen molar-refractivity contribution in [2.75, 3.05) is 40.7 Å². The summed E-state index contributed by atoms with van der Waals surface area (Å²) >= 11 is 0. The highest BCUT2D eigenvalue weighted by Crippen LogP contribution is 2.38. The molecule has 0 spiro atoms. The minimum atomic E-state index is -0.785. The fourth-order valence-corrected chi connectivity index (χ4v) is 1.28. The summed E-state index contributed by atoms with van der Waals surface area (Å²) < 4.78 is 15.2. The first kappa shape index (κ1) is 17.7. The maximum atomic E-state index is 11.1. The van der Waals surface area contributed by atoms with Gasteiger partial charge in [-0.05, 0) is 14.1 Å². The lowest BCUT2D eigenvalue weighted by molar-refractivity contribution is -0.127. The van der Waals surface area contributed by atoms with Crippen molar-refractivity contribution in [1.29, 1.82) is 0 Å². The number of amides is 1. The van der Waals surface area contributed by atoms with Crippen molar-refractivity contribution in [3.8, 4) is 17.2 Å². The second-order valence-corrected chi connectivity index (χ2v) is 3.51. The molecule has 0 atom stereocenters. The first-order valence-electron chi connectivity index (χ1n) is 5.72. The minimum Gasteiger partial charge on any atom is -0.496 e. The molecule has 0 bridgehead atoms. The van der Waals surface area contributed by atoms with Crippen molar-refractivity contribution in [1.82, 2.24) is 5.32 Å². The summed E-state index contributed by atoms with van der Waals surface area (Å²) in [5, 5.41) is 5.12. The van der Waals surface area contributed by atoms with Gasteiger partial charge in [-0.3, -0.25) is 9.59 Å². The number of anilines is 1. The molecule has 0 aliphatic rings. The molecule has 0 saturated carbocycles. The zero-order valence-corrected chi connectivity index (χ0v) is 12.3. The number of nitrogens with one attached hydrogen (secondary N) is 2. The number of carbonyl (C=O) groups is 2. The molecule has 0 aliphatic carbocycles. The van der Waals surface area contributed by atoms with Gasteiger partial charge in [-0.25, -0.2) is 0 Å². The molecule has 20 heavy (non-hydrogen) atoms. The molecule has 0 unspecified atom stereocenters. The highest BCUT2D eigenvalue weighted by atomic mass is 16.5. The van der Waals surface area contributed by atoms with E-state index in [1.165, 1.54) is 21.3 Å². The number of ether oxygens (including phenoxy) is 3. The van der Waals surface area contributed by atoms with E-state index in [9.17, 15) is 9.59 Å². The Balaban J connectivity index is 0.00000110. The summed E-state index contributed by atoms with van der Waals surface area (Å²) in [5.74, 6) is 0.419. The Morgan fingerprint density at radius 1 is 1.05 bits per heavy atom. The molecule has 1 rings (SSSR count). The number of benzene rings is 1. The van der Waals surface area contributed by atoms with Crippen molar-refractivity contribution in [3.05, 3.63) is 12.1 Å². The van der Waals surface area contributed by atoms with Gasteiger partial charge in [0.2, 0.25) is 6.29 Å². The van der Waals surface area contributed by atoms with Crippen LogP contribution in [0.5, 0.6) is 17.2 Å². The Morgan fingerprint density at radius 3 is 1.80 bits per heavy atom. The molecule has 0 fully saturated rings. The van der Waals surface area contributed by atoms with Crippen LogP contribution in [0, 0.1) is 0 Å². The van der Waals surface area contributed by atoms with E-state index in [1.807, 2.05) is 14.1 Å². The molecular formula is C13H20N2O5. The number of hydrogen-bond donors (Lipinski definition) is 2. The van der Waals surface area contributed by atoms with E-state index in [0.717, 1.165) is 0 Å². The highest BCUT2D eigenvalue weighted by molar-refractivity contribution is 6.30. The lowest BCUT2D eigenvalue weighted by Crippen LogP contribution is -2.14. The molecule has 2 N–H and O–H groups in total. The van der Waals surface area contributed by atoms with Gasteiger partial charge in [-0.1, -0.05) is 0 Å². The largest absolute Gasteiger partial charge is 0.496 e. The van der Waals surface area contributed by atoms with Crippen LogP contribution in [0.25, 0.3) is 0 Å². The third kappa shape index (κ3) is 5.15. The summed E-state index contributed by atoms with van der Waals surface area (Å²) in [4.78, 5) is 21.4. The Labute approximate surface area is 118 Å². The van der Waals surface area contributed by atoms with Crippen LogP contribution in [0.3, 0.4) is 0 Å². The average molecular weight is 284 g/mol. The summed E-state index contributed by atoms with van der Waals surface area (Å²) in [5.41, 5.74) is 0.285. The number of aldehydes is 1. The van der Waals surface area contributed by atoms with Gasteiger partial charge in [0.05, 0.1) is 21.3 Å². The molecule has 112 valence electrons. The van der Waals surface area contributed by atoms with E-state index < -0.39 is 5.91 Å².